The van der Waals surface area contributed by atoms with Gasteiger partial charge in [0.15, 0.2) is 0 Å². The molecule has 166 valence electrons. The van der Waals surface area contributed by atoms with Crippen molar-refractivity contribution in [3.8, 4) is 5.88 Å². The molecule has 0 radical (unpaired) electrons. The second-order valence-electron chi connectivity index (χ2n) is 8.35. The molecule has 1 N–H and O–H groups in total. The fourth-order valence-corrected chi connectivity index (χ4v) is 4.12. The first-order valence-corrected chi connectivity index (χ1v) is 11.3. The van der Waals surface area contributed by atoms with Crippen LogP contribution in [0.5, 0.6) is 5.88 Å². The van der Waals surface area contributed by atoms with E-state index in [1.165, 1.54) is 0 Å². The van der Waals surface area contributed by atoms with Gasteiger partial charge in [-0.05, 0) is 31.0 Å². The predicted octanol–water partition coefficient (Wildman–Crippen LogP) is 4.44. The van der Waals surface area contributed by atoms with Crippen LogP contribution < -0.4 is 10.1 Å². The third-order valence-corrected chi connectivity index (χ3v) is 5.82. The van der Waals surface area contributed by atoms with Crippen LogP contribution in [-0.4, -0.2) is 53.3 Å². The summed E-state index contributed by atoms with van der Waals surface area (Å²) in [6, 6.07) is 7.02. The Morgan fingerprint density at radius 2 is 2.13 bits per heavy atom. The highest BCUT2D eigenvalue weighted by Gasteiger charge is 2.28. The van der Waals surface area contributed by atoms with E-state index in [1.807, 2.05) is 12.1 Å². The number of aromatic nitrogens is 2. The lowest BCUT2D eigenvalue weighted by Crippen LogP contribution is -2.46. The number of carbonyl (C=O) groups excluding carboxylic acids is 1. The number of likely N-dealkylation sites (tertiary alicyclic amines) is 1. The van der Waals surface area contributed by atoms with Crippen molar-refractivity contribution in [2.75, 3.05) is 31.6 Å². The van der Waals surface area contributed by atoms with Gasteiger partial charge >= 0.3 is 6.03 Å². The van der Waals surface area contributed by atoms with Gasteiger partial charge in [-0.2, -0.15) is 4.98 Å². The third kappa shape index (κ3) is 5.46. The van der Waals surface area contributed by atoms with Gasteiger partial charge in [0.2, 0.25) is 5.88 Å². The number of ether oxygens (including phenoxy) is 2. The summed E-state index contributed by atoms with van der Waals surface area (Å²) in [6.07, 6.45) is 3.16. The predicted molar refractivity (Wildman–Crippen MR) is 120 cm³/mol. The number of piperidine rings is 1. The van der Waals surface area contributed by atoms with Crippen LogP contribution in [0.25, 0.3) is 0 Å². The van der Waals surface area contributed by atoms with Gasteiger partial charge < -0.3 is 19.7 Å². The molecule has 3 heterocycles. The molecule has 0 spiro atoms. The van der Waals surface area contributed by atoms with Gasteiger partial charge in [0, 0.05) is 41.6 Å². The fourth-order valence-electron chi connectivity index (χ4n) is 3.93. The van der Waals surface area contributed by atoms with Crippen molar-refractivity contribution in [2.24, 2.45) is 0 Å². The Morgan fingerprint density at radius 3 is 2.94 bits per heavy atom. The van der Waals surface area contributed by atoms with Crippen LogP contribution >= 0.6 is 11.6 Å². The van der Waals surface area contributed by atoms with Gasteiger partial charge in [0.1, 0.15) is 11.9 Å². The maximum absolute atomic E-state index is 12.8. The smallest absolute Gasteiger partial charge is 0.321 e. The van der Waals surface area contributed by atoms with Crippen molar-refractivity contribution >= 4 is 23.3 Å². The Kier molecular flexibility index (Phi) is 6.92. The van der Waals surface area contributed by atoms with Gasteiger partial charge in [-0.1, -0.05) is 31.5 Å². The first-order valence-electron chi connectivity index (χ1n) is 10.9. The molecule has 1 fully saturated rings. The second kappa shape index (κ2) is 9.83. The van der Waals surface area contributed by atoms with Gasteiger partial charge in [0.05, 0.1) is 25.5 Å². The van der Waals surface area contributed by atoms with Crippen molar-refractivity contribution in [3.05, 3.63) is 46.4 Å². The molecule has 2 aliphatic rings. The minimum atomic E-state index is -0.145. The van der Waals surface area contributed by atoms with Gasteiger partial charge in [-0.25, -0.2) is 9.78 Å². The summed E-state index contributed by atoms with van der Waals surface area (Å²) in [5.74, 6) is 1.66. The zero-order valence-corrected chi connectivity index (χ0v) is 18.8. The van der Waals surface area contributed by atoms with Crippen molar-refractivity contribution in [1.82, 2.24) is 14.9 Å². The summed E-state index contributed by atoms with van der Waals surface area (Å²) >= 11 is 6.03. The molecule has 1 aromatic heterocycles. The molecule has 8 heteroatoms. The van der Waals surface area contributed by atoms with E-state index in [1.54, 1.807) is 17.0 Å². The lowest BCUT2D eigenvalue weighted by Gasteiger charge is -2.33. The largest absolute Gasteiger partial charge is 0.472 e. The molecule has 2 amide bonds. The number of carbonyl (C=O) groups is 1. The highest BCUT2D eigenvalue weighted by atomic mass is 35.5. The van der Waals surface area contributed by atoms with Gasteiger partial charge in [0.25, 0.3) is 0 Å². The van der Waals surface area contributed by atoms with E-state index >= 15 is 0 Å². The molecular weight excluding hydrogens is 416 g/mol. The van der Waals surface area contributed by atoms with Crippen molar-refractivity contribution < 1.29 is 14.3 Å². The van der Waals surface area contributed by atoms with E-state index in [0.717, 1.165) is 42.8 Å². The van der Waals surface area contributed by atoms with Gasteiger partial charge in [-0.3, -0.25) is 0 Å². The number of urea groups is 1. The van der Waals surface area contributed by atoms with Crippen LogP contribution in [0.15, 0.2) is 24.3 Å². The van der Waals surface area contributed by atoms with E-state index in [0.29, 0.717) is 42.9 Å². The summed E-state index contributed by atoms with van der Waals surface area (Å²) in [5.41, 5.74) is 2.75. The Morgan fingerprint density at radius 1 is 1.29 bits per heavy atom. The molecule has 0 aliphatic carbocycles. The number of hydrogen-bond acceptors (Lipinski definition) is 5. The minimum absolute atomic E-state index is 0.109. The lowest BCUT2D eigenvalue weighted by molar-refractivity contribution is 0.101. The minimum Gasteiger partial charge on any atom is -0.472 e. The number of nitrogens with one attached hydrogen (secondary N) is 1. The Balaban J connectivity index is 1.48. The number of hydrogen-bond donors (Lipinski definition) is 1. The number of fused-ring (bicyclic) bond motifs is 1. The number of rotatable bonds is 4. The quantitative estimate of drug-likeness (QED) is 0.754. The van der Waals surface area contributed by atoms with Crippen LogP contribution in [0.2, 0.25) is 5.02 Å². The van der Waals surface area contributed by atoms with Crippen molar-refractivity contribution in [2.45, 2.75) is 51.6 Å². The molecule has 7 nitrogen and oxygen atoms in total. The van der Waals surface area contributed by atoms with E-state index in [9.17, 15) is 4.79 Å². The molecule has 2 aliphatic heterocycles. The van der Waals surface area contributed by atoms with E-state index in [4.69, 9.17) is 31.0 Å². The topological polar surface area (TPSA) is 76.6 Å². The van der Waals surface area contributed by atoms with Crippen LogP contribution in [0.3, 0.4) is 0 Å². The molecule has 1 unspecified atom stereocenters. The number of benzene rings is 1. The van der Waals surface area contributed by atoms with Crippen LogP contribution in [0, 0.1) is 0 Å². The summed E-state index contributed by atoms with van der Waals surface area (Å²) < 4.78 is 12.0. The van der Waals surface area contributed by atoms with E-state index in [-0.39, 0.29) is 18.1 Å². The first kappa shape index (κ1) is 21.8. The zero-order chi connectivity index (χ0) is 21.8. The monoisotopic (exact) mass is 444 g/mol. The van der Waals surface area contributed by atoms with E-state index < -0.39 is 0 Å². The summed E-state index contributed by atoms with van der Waals surface area (Å²) in [5, 5.41) is 3.51. The number of nitrogens with zero attached hydrogens (tertiary/aromatic N) is 3. The number of amides is 2. The average molecular weight is 445 g/mol. The molecule has 0 saturated carbocycles. The second-order valence-corrected chi connectivity index (χ2v) is 8.78. The molecule has 2 aromatic rings. The Hall–Kier alpha value is -2.38. The van der Waals surface area contributed by atoms with Crippen LogP contribution in [0.4, 0.5) is 10.5 Å². The Bertz CT molecular complexity index is 937. The summed E-state index contributed by atoms with van der Waals surface area (Å²) in [4.78, 5) is 24.1. The first-order chi connectivity index (χ1) is 15.0. The third-order valence-electron chi connectivity index (χ3n) is 5.59. The van der Waals surface area contributed by atoms with Gasteiger partial charge in [-0.15, -0.1) is 0 Å². The maximum atomic E-state index is 12.8. The van der Waals surface area contributed by atoms with Crippen LogP contribution in [-0.2, 0) is 17.6 Å². The fraction of sp³-hybridized carbons (Fsp3) is 0.522. The normalized spacial score (nSPS) is 19.0. The van der Waals surface area contributed by atoms with Crippen molar-refractivity contribution in [1.29, 1.82) is 0 Å². The zero-order valence-electron chi connectivity index (χ0n) is 18.1. The number of anilines is 1. The standard InChI is InChI=1S/C23H29ClN4O3/c1-15(2)21-26-20-9-12-30-11-8-19(20)22(27-21)31-18-7-4-10-28(14-18)23(29)25-17-6-3-5-16(24)13-17/h3,5-6,13,15,18H,4,7-12,14H2,1-2H3,(H,25,29). The highest BCUT2D eigenvalue weighted by Crippen LogP contribution is 2.28. The molecule has 4 rings (SSSR count). The number of halogens is 1. The summed E-state index contributed by atoms with van der Waals surface area (Å²) in [7, 11) is 0. The molecule has 1 atom stereocenters. The SMILES string of the molecule is CC(C)c1nc2c(c(OC3CCCN(C(=O)Nc4cccc(Cl)c4)C3)n1)CCOCC2. The lowest BCUT2D eigenvalue weighted by atomic mass is 10.1. The summed E-state index contributed by atoms with van der Waals surface area (Å²) in [6.45, 7) is 6.69. The van der Waals surface area contributed by atoms with E-state index in [2.05, 4.69) is 19.2 Å². The molecule has 0 bridgehead atoms. The highest BCUT2D eigenvalue weighted by molar-refractivity contribution is 6.30. The Labute approximate surface area is 188 Å². The average Bonchev–Trinajstić information content (AvgIpc) is 2.99. The maximum Gasteiger partial charge on any atom is 0.321 e. The molecular formula is C23H29ClN4O3. The van der Waals surface area contributed by atoms with Crippen LogP contribution in [0.1, 0.15) is 49.7 Å². The molecule has 31 heavy (non-hydrogen) atoms. The van der Waals surface area contributed by atoms with Crippen molar-refractivity contribution in [3.63, 3.8) is 0 Å². The molecule has 1 saturated heterocycles. The molecule has 1 aromatic carbocycles.